The molecule has 1 aromatic rings. The molecule has 0 spiro atoms. The van der Waals surface area contributed by atoms with Gasteiger partial charge in [-0.1, -0.05) is 11.6 Å². The highest BCUT2D eigenvalue weighted by atomic mass is 35.5. The Morgan fingerprint density at radius 3 is 2.78 bits per heavy atom. The topological polar surface area (TPSA) is 74.7 Å². The summed E-state index contributed by atoms with van der Waals surface area (Å²) in [7, 11) is -3.80. The standard InChI is InChI=1S/C10H12ClNO4S2/c11-7-4-6-17-10(7)18(15,16)12-5-2-1-3-8(12)9(13)14/h4,6,8H,1-3,5H2,(H,13,14). The number of nitrogens with zero attached hydrogens (tertiary/aromatic N) is 1. The summed E-state index contributed by atoms with van der Waals surface area (Å²) in [5.74, 6) is -1.11. The molecular weight excluding hydrogens is 298 g/mol. The van der Waals surface area contributed by atoms with Crippen molar-refractivity contribution in [1.29, 1.82) is 0 Å². The lowest BCUT2D eigenvalue weighted by atomic mass is 10.1. The number of aliphatic carboxylic acids is 1. The number of halogens is 1. The van der Waals surface area contributed by atoms with E-state index < -0.39 is 22.0 Å². The van der Waals surface area contributed by atoms with Crippen molar-refractivity contribution in [1.82, 2.24) is 4.31 Å². The second-order valence-corrected chi connectivity index (χ2v) is 7.43. The highest BCUT2D eigenvalue weighted by Crippen LogP contribution is 2.33. The molecule has 1 unspecified atom stereocenters. The van der Waals surface area contributed by atoms with Gasteiger partial charge in [-0.2, -0.15) is 4.31 Å². The van der Waals surface area contributed by atoms with Crippen LogP contribution in [0.15, 0.2) is 15.7 Å². The summed E-state index contributed by atoms with van der Waals surface area (Å²) >= 11 is 6.84. The summed E-state index contributed by atoms with van der Waals surface area (Å²) in [4.78, 5) is 11.1. The normalized spacial score (nSPS) is 21.9. The van der Waals surface area contributed by atoms with E-state index in [1.165, 1.54) is 6.07 Å². The Kier molecular flexibility index (Phi) is 3.96. The Morgan fingerprint density at radius 1 is 1.50 bits per heavy atom. The van der Waals surface area contributed by atoms with Gasteiger partial charge in [0.2, 0.25) is 0 Å². The fraction of sp³-hybridized carbons (Fsp3) is 0.500. The van der Waals surface area contributed by atoms with Crippen LogP contribution in [0.1, 0.15) is 19.3 Å². The zero-order valence-electron chi connectivity index (χ0n) is 9.37. The van der Waals surface area contributed by atoms with Crippen LogP contribution in [0.3, 0.4) is 0 Å². The first kappa shape index (κ1) is 13.8. The molecule has 100 valence electrons. The number of thiophene rings is 1. The van der Waals surface area contributed by atoms with Crippen LogP contribution in [0.2, 0.25) is 5.02 Å². The van der Waals surface area contributed by atoms with Gasteiger partial charge in [-0.3, -0.25) is 4.79 Å². The van der Waals surface area contributed by atoms with E-state index in [1.54, 1.807) is 5.38 Å². The zero-order chi connectivity index (χ0) is 13.3. The minimum atomic E-state index is -3.80. The monoisotopic (exact) mass is 309 g/mol. The van der Waals surface area contributed by atoms with Crippen molar-refractivity contribution in [3.8, 4) is 0 Å². The highest BCUT2D eigenvalue weighted by Gasteiger charge is 2.38. The van der Waals surface area contributed by atoms with Gasteiger partial charge >= 0.3 is 5.97 Å². The van der Waals surface area contributed by atoms with Crippen molar-refractivity contribution in [2.75, 3.05) is 6.54 Å². The first-order valence-corrected chi connectivity index (χ1v) is 8.12. The van der Waals surface area contributed by atoms with Crippen molar-refractivity contribution in [2.24, 2.45) is 0 Å². The van der Waals surface area contributed by atoms with Gasteiger partial charge in [0.05, 0.1) is 5.02 Å². The number of rotatable bonds is 3. The van der Waals surface area contributed by atoms with Gasteiger partial charge in [-0.25, -0.2) is 8.42 Å². The first-order valence-electron chi connectivity index (χ1n) is 5.42. The van der Waals surface area contributed by atoms with Crippen molar-refractivity contribution < 1.29 is 18.3 Å². The third kappa shape index (κ3) is 2.40. The number of carbonyl (C=O) groups is 1. The van der Waals surface area contributed by atoms with Crippen LogP contribution in [0.5, 0.6) is 0 Å². The fourth-order valence-corrected chi connectivity index (χ4v) is 5.45. The number of sulfonamides is 1. The van der Waals surface area contributed by atoms with Crippen LogP contribution in [0.25, 0.3) is 0 Å². The average molecular weight is 310 g/mol. The zero-order valence-corrected chi connectivity index (χ0v) is 11.8. The SMILES string of the molecule is O=C(O)C1CCCCN1S(=O)(=O)c1sccc1Cl. The number of carboxylic acid groups (broad SMARTS) is 1. The van der Waals surface area contributed by atoms with Gasteiger partial charge in [-0.05, 0) is 30.7 Å². The lowest BCUT2D eigenvalue weighted by Gasteiger charge is -2.31. The second-order valence-electron chi connectivity index (χ2n) is 4.02. The minimum absolute atomic E-state index is 0.0253. The van der Waals surface area contributed by atoms with E-state index in [0.29, 0.717) is 12.8 Å². The van der Waals surface area contributed by atoms with E-state index in [-0.39, 0.29) is 15.8 Å². The number of hydrogen-bond acceptors (Lipinski definition) is 4. The predicted octanol–water partition coefficient (Wildman–Crippen LogP) is 2.03. The van der Waals surface area contributed by atoms with Gasteiger partial charge in [0, 0.05) is 6.54 Å². The Labute approximate surface area is 114 Å². The van der Waals surface area contributed by atoms with Crippen molar-refractivity contribution in [2.45, 2.75) is 29.5 Å². The maximum Gasteiger partial charge on any atom is 0.322 e. The van der Waals surface area contributed by atoms with Crippen molar-refractivity contribution in [3.63, 3.8) is 0 Å². The molecule has 0 saturated carbocycles. The molecule has 0 amide bonds. The largest absolute Gasteiger partial charge is 0.480 e. The molecule has 5 nitrogen and oxygen atoms in total. The fourth-order valence-electron chi connectivity index (χ4n) is 2.01. The maximum absolute atomic E-state index is 12.4. The second kappa shape index (κ2) is 5.16. The molecule has 1 N–H and O–H groups in total. The number of hydrogen-bond donors (Lipinski definition) is 1. The van der Waals surface area contributed by atoms with E-state index >= 15 is 0 Å². The summed E-state index contributed by atoms with van der Waals surface area (Å²) in [5, 5.41) is 10.8. The Morgan fingerprint density at radius 2 is 2.22 bits per heavy atom. The number of carboxylic acids is 1. The maximum atomic E-state index is 12.4. The summed E-state index contributed by atoms with van der Waals surface area (Å²) in [6.07, 6.45) is 1.74. The van der Waals surface area contributed by atoms with Gasteiger partial charge < -0.3 is 5.11 Å². The lowest BCUT2D eigenvalue weighted by molar-refractivity contribution is -0.142. The summed E-state index contributed by atoms with van der Waals surface area (Å²) < 4.78 is 25.8. The van der Waals surface area contributed by atoms with Crippen LogP contribution in [-0.4, -0.2) is 36.4 Å². The molecule has 18 heavy (non-hydrogen) atoms. The van der Waals surface area contributed by atoms with E-state index in [0.717, 1.165) is 22.1 Å². The van der Waals surface area contributed by atoms with E-state index in [1.807, 2.05) is 0 Å². The van der Waals surface area contributed by atoms with Gasteiger partial charge in [0.1, 0.15) is 6.04 Å². The molecule has 1 aromatic heterocycles. The first-order chi connectivity index (χ1) is 8.44. The highest BCUT2D eigenvalue weighted by molar-refractivity contribution is 7.91. The Balaban J connectivity index is 2.39. The predicted molar refractivity (Wildman–Crippen MR) is 68.5 cm³/mol. The molecule has 1 atom stereocenters. The Hall–Kier alpha value is -0.630. The molecule has 0 radical (unpaired) electrons. The Bertz CT molecular complexity index is 554. The van der Waals surface area contributed by atoms with Crippen LogP contribution < -0.4 is 0 Å². The van der Waals surface area contributed by atoms with Crippen LogP contribution >= 0.6 is 22.9 Å². The van der Waals surface area contributed by atoms with Gasteiger partial charge in [0.25, 0.3) is 10.0 Å². The van der Waals surface area contributed by atoms with Crippen molar-refractivity contribution in [3.05, 3.63) is 16.5 Å². The van der Waals surface area contributed by atoms with Crippen molar-refractivity contribution >= 4 is 38.9 Å². The average Bonchev–Trinajstić information content (AvgIpc) is 2.76. The molecule has 1 fully saturated rings. The molecule has 0 bridgehead atoms. The van der Waals surface area contributed by atoms with E-state index in [2.05, 4.69) is 0 Å². The van der Waals surface area contributed by atoms with Crippen LogP contribution in [0.4, 0.5) is 0 Å². The molecule has 2 heterocycles. The van der Waals surface area contributed by atoms with E-state index in [9.17, 15) is 13.2 Å². The molecular formula is C10H12ClNO4S2. The smallest absolute Gasteiger partial charge is 0.322 e. The molecule has 1 saturated heterocycles. The van der Waals surface area contributed by atoms with Gasteiger partial charge in [-0.15, -0.1) is 11.3 Å². The third-order valence-corrected chi connectivity index (χ3v) is 6.77. The molecule has 8 heteroatoms. The minimum Gasteiger partial charge on any atom is -0.480 e. The van der Waals surface area contributed by atoms with Crippen LogP contribution in [-0.2, 0) is 14.8 Å². The van der Waals surface area contributed by atoms with Crippen LogP contribution in [0, 0.1) is 0 Å². The number of piperidine rings is 1. The summed E-state index contributed by atoms with van der Waals surface area (Å²) in [5.41, 5.74) is 0. The molecule has 0 aromatic carbocycles. The third-order valence-electron chi connectivity index (χ3n) is 2.87. The lowest BCUT2D eigenvalue weighted by Crippen LogP contribution is -2.47. The van der Waals surface area contributed by atoms with E-state index in [4.69, 9.17) is 16.7 Å². The molecule has 0 aliphatic carbocycles. The molecule has 1 aliphatic heterocycles. The summed E-state index contributed by atoms with van der Waals surface area (Å²) in [6, 6.07) is 0.514. The quantitative estimate of drug-likeness (QED) is 0.927. The summed E-state index contributed by atoms with van der Waals surface area (Å²) in [6.45, 7) is 0.230. The van der Waals surface area contributed by atoms with Gasteiger partial charge in [0.15, 0.2) is 4.21 Å². The molecule has 1 aliphatic rings. The molecule has 2 rings (SSSR count).